The van der Waals surface area contributed by atoms with Gasteiger partial charge in [-0.3, -0.25) is 5.84 Å². The van der Waals surface area contributed by atoms with Gasteiger partial charge in [-0.2, -0.15) is 0 Å². The molecule has 0 aliphatic heterocycles. The number of hydrogen-bond acceptors (Lipinski definition) is 3. The third kappa shape index (κ3) is 2.15. The summed E-state index contributed by atoms with van der Waals surface area (Å²) in [5.41, 5.74) is 6.31. The van der Waals surface area contributed by atoms with Crippen LogP contribution in [0.2, 0.25) is 0 Å². The van der Waals surface area contributed by atoms with Crippen molar-refractivity contribution in [3.63, 3.8) is 0 Å². The highest BCUT2D eigenvalue weighted by molar-refractivity contribution is 5.32. The summed E-state index contributed by atoms with van der Waals surface area (Å²) in [6.07, 6.45) is 4.39. The van der Waals surface area contributed by atoms with Gasteiger partial charge in [-0.25, -0.2) is 5.43 Å². The zero-order chi connectivity index (χ0) is 11.4. The zero-order valence-corrected chi connectivity index (χ0v) is 9.31. The Hall–Kier alpha value is -1.58. The van der Waals surface area contributed by atoms with Gasteiger partial charge in [0.25, 0.3) is 0 Å². The first-order valence-electron chi connectivity index (χ1n) is 5.42. The molecule has 0 aliphatic rings. The van der Waals surface area contributed by atoms with E-state index in [0.717, 1.165) is 17.5 Å². The molecule has 1 heterocycles. The number of benzene rings is 1. The van der Waals surface area contributed by atoms with Crippen LogP contribution < -0.4 is 11.3 Å². The molecule has 16 heavy (non-hydrogen) atoms. The van der Waals surface area contributed by atoms with E-state index in [1.807, 2.05) is 6.07 Å². The lowest BCUT2D eigenvalue weighted by molar-refractivity contribution is 0.553. The molecule has 3 heteroatoms. The van der Waals surface area contributed by atoms with Crippen LogP contribution in [0.5, 0.6) is 0 Å². The van der Waals surface area contributed by atoms with Gasteiger partial charge in [0, 0.05) is 5.56 Å². The van der Waals surface area contributed by atoms with Crippen LogP contribution >= 0.6 is 0 Å². The van der Waals surface area contributed by atoms with E-state index in [-0.39, 0.29) is 6.04 Å². The van der Waals surface area contributed by atoms with Crippen LogP contribution in [0, 0.1) is 0 Å². The molecule has 1 aromatic heterocycles. The lowest BCUT2D eigenvalue weighted by atomic mass is 9.99. The van der Waals surface area contributed by atoms with Crippen molar-refractivity contribution < 1.29 is 4.42 Å². The summed E-state index contributed by atoms with van der Waals surface area (Å²) in [5.74, 6) is 5.60. The van der Waals surface area contributed by atoms with Crippen LogP contribution in [0.4, 0.5) is 0 Å². The van der Waals surface area contributed by atoms with Gasteiger partial charge in [0.05, 0.1) is 18.6 Å². The molecule has 1 unspecified atom stereocenters. The first kappa shape index (κ1) is 10.9. The second-order valence-electron chi connectivity index (χ2n) is 3.75. The smallest absolute Gasteiger partial charge is 0.0954 e. The van der Waals surface area contributed by atoms with E-state index < -0.39 is 0 Å². The van der Waals surface area contributed by atoms with E-state index in [9.17, 15) is 0 Å². The van der Waals surface area contributed by atoms with Crippen LogP contribution in [0.15, 0.2) is 47.3 Å². The molecule has 0 amide bonds. The molecule has 0 radical (unpaired) electrons. The molecule has 0 saturated heterocycles. The van der Waals surface area contributed by atoms with Gasteiger partial charge < -0.3 is 4.42 Å². The maximum Gasteiger partial charge on any atom is 0.0954 e. The Labute approximate surface area is 95.2 Å². The molecule has 2 aromatic rings. The summed E-state index contributed by atoms with van der Waals surface area (Å²) in [6, 6.07) is 10.3. The molecular formula is C13H16N2O. The minimum absolute atomic E-state index is 0.00903. The van der Waals surface area contributed by atoms with Crippen LogP contribution in [0.3, 0.4) is 0 Å². The molecule has 0 spiro atoms. The molecule has 1 aromatic carbocycles. The second-order valence-corrected chi connectivity index (χ2v) is 3.75. The fraction of sp³-hybridized carbons (Fsp3) is 0.231. The van der Waals surface area contributed by atoms with E-state index in [2.05, 4.69) is 36.6 Å². The summed E-state index contributed by atoms with van der Waals surface area (Å²) in [7, 11) is 0. The van der Waals surface area contributed by atoms with Crippen molar-refractivity contribution in [1.29, 1.82) is 0 Å². The summed E-state index contributed by atoms with van der Waals surface area (Å²) < 4.78 is 5.08. The van der Waals surface area contributed by atoms with Crippen LogP contribution in [-0.2, 0) is 6.42 Å². The highest BCUT2D eigenvalue weighted by Gasteiger charge is 2.13. The summed E-state index contributed by atoms with van der Waals surface area (Å²) in [6.45, 7) is 2.14. The van der Waals surface area contributed by atoms with Gasteiger partial charge in [-0.15, -0.1) is 0 Å². The molecular weight excluding hydrogens is 200 g/mol. The van der Waals surface area contributed by atoms with E-state index >= 15 is 0 Å². The van der Waals surface area contributed by atoms with Gasteiger partial charge in [0.15, 0.2) is 0 Å². The van der Waals surface area contributed by atoms with Gasteiger partial charge in [0.1, 0.15) is 0 Å². The molecule has 3 nitrogen and oxygen atoms in total. The Morgan fingerprint density at radius 1 is 1.31 bits per heavy atom. The van der Waals surface area contributed by atoms with Crippen LogP contribution in [0.1, 0.15) is 29.7 Å². The maximum absolute atomic E-state index is 5.60. The molecule has 0 aliphatic carbocycles. The maximum atomic E-state index is 5.60. The normalized spacial score (nSPS) is 12.6. The van der Waals surface area contributed by atoms with Crippen molar-refractivity contribution in [1.82, 2.24) is 5.43 Å². The molecule has 0 bridgehead atoms. The fourth-order valence-electron chi connectivity index (χ4n) is 1.82. The average molecular weight is 216 g/mol. The van der Waals surface area contributed by atoms with Crippen molar-refractivity contribution in [3.8, 4) is 0 Å². The summed E-state index contributed by atoms with van der Waals surface area (Å²) in [4.78, 5) is 0. The molecule has 3 N–H and O–H groups in total. The topological polar surface area (TPSA) is 51.2 Å². The number of furan rings is 1. The third-order valence-corrected chi connectivity index (χ3v) is 2.74. The van der Waals surface area contributed by atoms with Crippen molar-refractivity contribution in [2.75, 3.05) is 0 Å². The quantitative estimate of drug-likeness (QED) is 0.609. The Bertz CT molecular complexity index is 437. The molecule has 84 valence electrons. The number of hydrazine groups is 1. The lowest BCUT2D eigenvalue weighted by Gasteiger charge is -2.15. The van der Waals surface area contributed by atoms with E-state index in [0.29, 0.717) is 0 Å². The van der Waals surface area contributed by atoms with Crippen LogP contribution in [-0.4, -0.2) is 0 Å². The number of rotatable bonds is 4. The largest absolute Gasteiger partial charge is 0.472 e. The SMILES string of the molecule is CCc1cccc(C(NN)c2ccoc2)c1. The predicted molar refractivity (Wildman–Crippen MR) is 63.7 cm³/mol. The van der Waals surface area contributed by atoms with Gasteiger partial charge in [0.2, 0.25) is 0 Å². The minimum Gasteiger partial charge on any atom is -0.472 e. The predicted octanol–water partition coefficient (Wildman–Crippen LogP) is 2.39. The third-order valence-electron chi connectivity index (χ3n) is 2.74. The van der Waals surface area contributed by atoms with Crippen molar-refractivity contribution in [2.45, 2.75) is 19.4 Å². The van der Waals surface area contributed by atoms with Crippen molar-refractivity contribution in [3.05, 3.63) is 59.5 Å². The molecule has 0 fully saturated rings. The van der Waals surface area contributed by atoms with E-state index in [1.54, 1.807) is 12.5 Å². The van der Waals surface area contributed by atoms with Crippen LogP contribution in [0.25, 0.3) is 0 Å². The monoisotopic (exact) mass is 216 g/mol. The average Bonchev–Trinajstić information content (AvgIpc) is 2.84. The first-order valence-corrected chi connectivity index (χ1v) is 5.42. The van der Waals surface area contributed by atoms with Crippen molar-refractivity contribution in [2.24, 2.45) is 5.84 Å². The van der Waals surface area contributed by atoms with Gasteiger partial charge in [-0.1, -0.05) is 31.2 Å². The highest BCUT2D eigenvalue weighted by Crippen LogP contribution is 2.22. The highest BCUT2D eigenvalue weighted by atomic mass is 16.3. The first-order chi connectivity index (χ1) is 7.85. The number of hydrogen-bond donors (Lipinski definition) is 2. The molecule has 1 atom stereocenters. The standard InChI is InChI=1S/C13H16N2O/c1-2-10-4-3-5-11(8-10)13(15-14)12-6-7-16-9-12/h3-9,13,15H,2,14H2,1H3. The Morgan fingerprint density at radius 2 is 2.19 bits per heavy atom. The van der Waals surface area contributed by atoms with Crippen molar-refractivity contribution >= 4 is 0 Å². The fourth-order valence-corrected chi connectivity index (χ4v) is 1.82. The Balaban J connectivity index is 2.33. The molecule has 0 saturated carbocycles. The Kier molecular flexibility index (Phi) is 3.39. The molecule has 2 rings (SSSR count). The number of aryl methyl sites for hydroxylation is 1. The Morgan fingerprint density at radius 3 is 2.81 bits per heavy atom. The summed E-state index contributed by atoms with van der Waals surface area (Å²) in [5, 5.41) is 0. The summed E-state index contributed by atoms with van der Waals surface area (Å²) >= 11 is 0. The van der Waals surface area contributed by atoms with E-state index in [1.165, 1.54) is 5.56 Å². The number of nitrogens with two attached hydrogens (primary N) is 1. The van der Waals surface area contributed by atoms with E-state index in [4.69, 9.17) is 10.3 Å². The lowest BCUT2D eigenvalue weighted by Crippen LogP contribution is -2.28. The van der Waals surface area contributed by atoms with Gasteiger partial charge >= 0.3 is 0 Å². The van der Waals surface area contributed by atoms with Gasteiger partial charge in [-0.05, 0) is 23.6 Å². The second kappa shape index (κ2) is 4.96. The zero-order valence-electron chi connectivity index (χ0n) is 9.31. The minimum atomic E-state index is -0.00903. The number of nitrogens with one attached hydrogen (secondary N) is 1.